The largest absolute Gasteiger partial charge is 0.360 e. The van der Waals surface area contributed by atoms with Gasteiger partial charge in [0.15, 0.2) is 0 Å². The summed E-state index contributed by atoms with van der Waals surface area (Å²) in [5.74, 6) is 1.75. The van der Waals surface area contributed by atoms with E-state index in [0.717, 1.165) is 38.5 Å². The normalized spacial score (nSPS) is 22.7. The zero-order valence-corrected chi connectivity index (χ0v) is 12.6. The number of nitrogens with zero attached hydrogens (tertiary/aromatic N) is 5. The Labute approximate surface area is 124 Å². The lowest BCUT2D eigenvalue weighted by Gasteiger charge is -2.43. The van der Waals surface area contributed by atoms with E-state index in [2.05, 4.69) is 36.9 Å². The van der Waals surface area contributed by atoms with Crippen LogP contribution in [0.4, 0.5) is 11.8 Å². The summed E-state index contributed by atoms with van der Waals surface area (Å²) in [6.45, 7) is 7.08. The number of rotatable bonds is 3. The Kier molecular flexibility index (Phi) is 3.92. The lowest BCUT2D eigenvalue weighted by molar-refractivity contribution is -0.129. The van der Waals surface area contributed by atoms with Crippen LogP contribution < -0.4 is 15.1 Å². The van der Waals surface area contributed by atoms with Crippen LogP contribution in [0.2, 0.25) is 0 Å². The summed E-state index contributed by atoms with van der Waals surface area (Å²) in [6.07, 6.45) is 1.79. The molecule has 2 aliphatic heterocycles. The molecule has 0 saturated carbocycles. The first kappa shape index (κ1) is 14.1. The fourth-order valence-corrected chi connectivity index (χ4v) is 2.83. The summed E-state index contributed by atoms with van der Waals surface area (Å²) in [5, 5.41) is 2.94. The summed E-state index contributed by atoms with van der Waals surface area (Å²) in [7, 11) is 2.01. The molecule has 2 saturated heterocycles. The SMILES string of the molecule is CCN(C)c1ccnc(N2CCN3CCNC(=O)C3C2)n1. The Balaban J connectivity index is 1.77. The van der Waals surface area contributed by atoms with Crippen LogP contribution in [-0.2, 0) is 4.79 Å². The summed E-state index contributed by atoms with van der Waals surface area (Å²) >= 11 is 0. The van der Waals surface area contributed by atoms with Crippen LogP contribution in [0, 0.1) is 0 Å². The molecule has 0 aromatic carbocycles. The van der Waals surface area contributed by atoms with Gasteiger partial charge in [0.1, 0.15) is 11.9 Å². The standard InChI is InChI=1S/C14H22N6O/c1-3-18(2)12-4-5-16-14(17-12)20-9-8-19-7-6-15-13(21)11(19)10-20/h4-5,11H,3,6-10H2,1-2H3,(H,15,21). The molecule has 1 unspecified atom stereocenters. The van der Waals surface area contributed by atoms with Crippen LogP contribution in [0.15, 0.2) is 12.3 Å². The van der Waals surface area contributed by atoms with Crippen LogP contribution in [0.5, 0.6) is 0 Å². The number of carbonyl (C=O) groups excluding carboxylic acids is 1. The van der Waals surface area contributed by atoms with Crippen molar-refractivity contribution in [2.24, 2.45) is 0 Å². The second kappa shape index (κ2) is 5.85. The number of aromatic nitrogens is 2. The van der Waals surface area contributed by atoms with Gasteiger partial charge in [0.2, 0.25) is 11.9 Å². The predicted octanol–water partition coefficient (Wildman–Crippen LogP) is -0.447. The quantitative estimate of drug-likeness (QED) is 0.814. The maximum absolute atomic E-state index is 12.0. The molecule has 7 heteroatoms. The van der Waals surface area contributed by atoms with Crippen molar-refractivity contribution in [2.75, 3.05) is 56.1 Å². The summed E-state index contributed by atoms with van der Waals surface area (Å²) in [4.78, 5) is 27.4. The van der Waals surface area contributed by atoms with E-state index in [4.69, 9.17) is 0 Å². The third kappa shape index (κ3) is 2.78. The highest BCUT2D eigenvalue weighted by Gasteiger charge is 2.35. The van der Waals surface area contributed by atoms with Crippen LogP contribution >= 0.6 is 0 Å². The third-order valence-electron chi connectivity index (χ3n) is 4.27. The van der Waals surface area contributed by atoms with E-state index in [1.807, 2.05) is 13.1 Å². The van der Waals surface area contributed by atoms with Crippen molar-refractivity contribution in [1.82, 2.24) is 20.2 Å². The van der Waals surface area contributed by atoms with E-state index in [0.29, 0.717) is 12.5 Å². The number of amides is 1. The van der Waals surface area contributed by atoms with Gasteiger partial charge in [-0.2, -0.15) is 4.98 Å². The molecule has 0 radical (unpaired) electrons. The number of fused-ring (bicyclic) bond motifs is 1. The van der Waals surface area contributed by atoms with E-state index in [9.17, 15) is 4.79 Å². The van der Waals surface area contributed by atoms with Crippen molar-refractivity contribution < 1.29 is 4.79 Å². The van der Waals surface area contributed by atoms with E-state index in [-0.39, 0.29) is 11.9 Å². The summed E-state index contributed by atoms with van der Waals surface area (Å²) in [6, 6.07) is 1.83. The van der Waals surface area contributed by atoms with Crippen molar-refractivity contribution in [2.45, 2.75) is 13.0 Å². The van der Waals surface area contributed by atoms with Gasteiger partial charge in [-0.3, -0.25) is 9.69 Å². The molecule has 0 aliphatic carbocycles. The van der Waals surface area contributed by atoms with E-state index in [1.54, 1.807) is 6.20 Å². The molecule has 1 atom stereocenters. The fraction of sp³-hybridized carbons (Fsp3) is 0.643. The average molecular weight is 290 g/mol. The minimum atomic E-state index is -0.0799. The number of carbonyl (C=O) groups is 1. The summed E-state index contributed by atoms with van der Waals surface area (Å²) < 4.78 is 0. The Bertz CT molecular complexity index is 522. The maximum Gasteiger partial charge on any atom is 0.239 e. The van der Waals surface area contributed by atoms with Gasteiger partial charge >= 0.3 is 0 Å². The lowest BCUT2D eigenvalue weighted by Crippen LogP contribution is -2.64. The zero-order valence-electron chi connectivity index (χ0n) is 12.6. The topological polar surface area (TPSA) is 64.6 Å². The van der Waals surface area contributed by atoms with Gasteiger partial charge in [-0.05, 0) is 13.0 Å². The Morgan fingerprint density at radius 2 is 2.29 bits per heavy atom. The van der Waals surface area contributed by atoms with Crippen LogP contribution in [0.1, 0.15) is 6.92 Å². The molecule has 2 fully saturated rings. The highest BCUT2D eigenvalue weighted by Crippen LogP contribution is 2.19. The second-order valence-electron chi connectivity index (χ2n) is 5.52. The number of piperazine rings is 2. The first-order valence-corrected chi connectivity index (χ1v) is 7.50. The fourth-order valence-electron chi connectivity index (χ4n) is 2.83. The third-order valence-corrected chi connectivity index (χ3v) is 4.27. The van der Waals surface area contributed by atoms with Crippen molar-refractivity contribution in [3.63, 3.8) is 0 Å². The highest BCUT2D eigenvalue weighted by molar-refractivity contribution is 5.83. The van der Waals surface area contributed by atoms with Crippen LogP contribution in [0.25, 0.3) is 0 Å². The van der Waals surface area contributed by atoms with Crippen molar-refractivity contribution in [1.29, 1.82) is 0 Å². The van der Waals surface area contributed by atoms with E-state index >= 15 is 0 Å². The molecule has 21 heavy (non-hydrogen) atoms. The van der Waals surface area contributed by atoms with Gasteiger partial charge in [0.25, 0.3) is 0 Å². The molecule has 7 nitrogen and oxygen atoms in total. The van der Waals surface area contributed by atoms with Gasteiger partial charge in [-0.1, -0.05) is 0 Å². The molecule has 1 aromatic heterocycles. The van der Waals surface area contributed by atoms with Crippen LogP contribution in [0.3, 0.4) is 0 Å². The number of anilines is 2. The zero-order chi connectivity index (χ0) is 14.8. The molecular weight excluding hydrogens is 268 g/mol. The number of hydrogen-bond donors (Lipinski definition) is 1. The number of hydrogen-bond acceptors (Lipinski definition) is 6. The van der Waals surface area contributed by atoms with Gasteiger partial charge in [-0.15, -0.1) is 0 Å². The van der Waals surface area contributed by atoms with Gasteiger partial charge in [-0.25, -0.2) is 4.98 Å². The molecule has 1 N–H and O–H groups in total. The highest BCUT2D eigenvalue weighted by atomic mass is 16.2. The molecule has 3 rings (SSSR count). The Morgan fingerprint density at radius 3 is 3.10 bits per heavy atom. The molecule has 1 amide bonds. The van der Waals surface area contributed by atoms with Crippen molar-refractivity contribution in [3.05, 3.63) is 12.3 Å². The molecule has 114 valence electrons. The smallest absolute Gasteiger partial charge is 0.239 e. The Hall–Kier alpha value is -1.89. The first-order chi connectivity index (χ1) is 10.2. The molecule has 0 spiro atoms. The average Bonchev–Trinajstić information content (AvgIpc) is 2.54. The maximum atomic E-state index is 12.0. The number of nitrogens with one attached hydrogen (secondary N) is 1. The molecular formula is C14H22N6O. The first-order valence-electron chi connectivity index (χ1n) is 7.50. The lowest BCUT2D eigenvalue weighted by atomic mass is 10.1. The Morgan fingerprint density at radius 1 is 1.43 bits per heavy atom. The van der Waals surface area contributed by atoms with Gasteiger partial charge in [0, 0.05) is 52.5 Å². The van der Waals surface area contributed by atoms with Gasteiger partial charge < -0.3 is 15.1 Å². The predicted molar refractivity (Wildman–Crippen MR) is 81.6 cm³/mol. The minimum Gasteiger partial charge on any atom is -0.360 e. The molecule has 3 heterocycles. The minimum absolute atomic E-state index is 0.0799. The van der Waals surface area contributed by atoms with Crippen molar-refractivity contribution >= 4 is 17.7 Å². The van der Waals surface area contributed by atoms with E-state index in [1.165, 1.54) is 0 Å². The van der Waals surface area contributed by atoms with Crippen LogP contribution in [-0.4, -0.2) is 73.1 Å². The van der Waals surface area contributed by atoms with Crippen molar-refractivity contribution in [3.8, 4) is 0 Å². The molecule has 1 aromatic rings. The van der Waals surface area contributed by atoms with E-state index < -0.39 is 0 Å². The molecule has 2 aliphatic rings. The molecule has 0 bridgehead atoms. The summed E-state index contributed by atoms with van der Waals surface area (Å²) in [5.41, 5.74) is 0. The van der Waals surface area contributed by atoms with Gasteiger partial charge in [0.05, 0.1) is 0 Å². The monoisotopic (exact) mass is 290 g/mol. The second-order valence-corrected chi connectivity index (χ2v) is 5.52.